The topological polar surface area (TPSA) is 50.4 Å². The summed E-state index contributed by atoms with van der Waals surface area (Å²) in [7, 11) is 1.64. The van der Waals surface area contributed by atoms with Gasteiger partial charge >= 0.3 is 0 Å². The first-order chi connectivity index (χ1) is 12.7. The predicted octanol–water partition coefficient (Wildman–Crippen LogP) is 3.82. The van der Waals surface area contributed by atoms with Crippen LogP contribution in [0, 0.1) is 0 Å². The Morgan fingerprint density at radius 3 is 2.50 bits per heavy atom. The van der Waals surface area contributed by atoms with Crippen LogP contribution in [0.4, 0.5) is 0 Å². The van der Waals surface area contributed by atoms with Gasteiger partial charge in [0.1, 0.15) is 5.75 Å². The van der Waals surface area contributed by atoms with E-state index in [0.717, 1.165) is 11.3 Å². The number of benzene rings is 3. The minimum absolute atomic E-state index is 0.0205. The highest BCUT2D eigenvalue weighted by atomic mass is 16.5. The van der Waals surface area contributed by atoms with E-state index in [9.17, 15) is 4.79 Å². The first kappa shape index (κ1) is 18.0. The van der Waals surface area contributed by atoms with Gasteiger partial charge in [0.05, 0.1) is 13.7 Å². The van der Waals surface area contributed by atoms with Crippen LogP contribution in [0.3, 0.4) is 0 Å². The van der Waals surface area contributed by atoms with Crippen LogP contribution in [-0.4, -0.2) is 19.6 Å². The molecular formula is C22H24N2O2. The summed E-state index contributed by atoms with van der Waals surface area (Å²) in [5.74, 6) is 0.790. The number of methoxy groups -OCH3 is 1. The molecule has 26 heavy (non-hydrogen) atoms. The summed E-state index contributed by atoms with van der Waals surface area (Å²) in [6.07, 6.45) is 0. The van der Waals surface area contributed by atoms with Gasteiger partial charge in [0.25, 0.3) is 0 Å². The Morgan fingerprint density at radius 1 is 1.00 bits per heavy atom. The van der Waals surface area contributed by atoms with Gasteiger partial charge < -0.3 is 15.4 Å². The molecule has 134 valence electrons. The van der Waals surface area contributed by atoms with E-state index in [2.05, 4.69) is 47.9 Å². The van der Waals surface area contributed by atoms with E-state index in [1.165, 1.54) is 16.3 Å². The fourth-order valence-corrected chi connectivity index (χ4v) is 2.99. The van der Waals surface area contributed by atoms with Gasteiger partial charge in [-0.25, -0.2) is 0 Å². The van der Waals surface area contributed by atoms with Crippen LogP contribution in [0.2, 0.25) is 0 Å². The van der Waals surface area contributed by atoms with E-state index in [1.54, 1.807) is 7.11 Å². The number of ether oxygens (including phenoxy) is 1. The van der Waals surface area contributed by atoms with Gasteiger partial charge in [-0.05, 0) is 41.0 Å². The van der Waals surface area contributed by atoms with Crippen molar-refractivity contribution in [3.63, 3.8) is 0 Å². The maximum atomic E-state index is 12.1. The average Bonchev–Trinajstić information content (AvgIpc) is 2.70. The SMILES string of the molecule is COc1ccc(CNC(=O)CN[C@H](C)c2cccc3ccccc23)cc1. The summed E-state index contributed by atoms with van der Waals surface area (Å²) in [5, 5.41) is 8.68. The van der Waals surface area contributed by atoms with Crippen LogP contribution in [0.15, 0.2) is 66.7 Å². The van der Waals surface area contributed by atoms with Gasteiger partial charge in [-0.3, -0.25) is 4.79 Å². The lowest BCUT2D eigenvalue weighted by Crippen LogP contribution is -2.34. The molecule has 0 radical (unpaired) electrons. The van der Waals surface area contributed by atoms with Crippen LogP contribution >= 0.6 is 0 Å². The third-order valence-electron chi connectivity index (χ3n) is 4.51. The zero-order valence-electron chi connectivity index (χ0n) is 15.2. The Kier molecular flexibility index (Phi) is 5.87. The second-order valence-corrected chi connectivity index (χ2v) is 6.30. The van der Waals surface area contributed by atoms with Gasteiger partial charge in [-0.15, -0.1) is 0 Å². The van der Waals surface area contributed by atoms with E-state index >= 15 is 0 Å². The average molecular weight is 348 g/mol. The fraction of sp³-hybridized carbons (Fsp3) is 0.227. The number of carbonyl (C=O) groups excluding carboxylic acids is 1. The Labute approximate surface area is 154 Å². The zero-order chi connectivity index (χ0) is 18.4. The zero-order valence-corrected chi connectivity index (χ0v) is 15.2. The normalized spacial score (nSPS) is 11.9. The molecular weight excluding hydrogens is 324 g/mol. The van der Waals surface area contributed by atoms with Gasteiger partial charge in [-0.1, -0.05) is 54.6 Å². The number of fused-ring (bicyclic) bond motifs is 1. The molecule has 0 fully saturated rings. The summed E-state index contributed by atoms with van der Waals surface area (Å²) >= 11 is 0. The standard InChI is InChI=1S/C22H24N2O2/c1-16(20-9-5-7-18-6-3-4-8-21(18)20)23-15-22(25)24-14-17-10-12-19(26-2)13-11-17/h3-13,16,23H,14-15H2,1-2H3,(H,24,25)/t16-/m1/s1. The molecule has 0 aliphatic heterocycles. The first-order valence-electron chi connectivity index (χ1n) is 8.78. The van der Waals surface area contributed by atoms with Crippen LogP contribution in [0.25, 0.3) is 10.8 Å². The summed E-state index contributed by atoms with van der Waals surface area (Å²) in [6, 6.07) is 22.3. The minimum atomic E-state index is -0.0205. The molecule has 0 heterocycles. The molecule has 1 amide bonds. The third kappa shape index (κ3) is 4.41. The number of hydrogen-bond acceptors (Lipinski definition) is 3. The van der Waals surface area contributed by atoms with Crippen molar-refractivity contribution in [2.45, 2.75) is 19.5 Å². The van der Waals surface area contributed by atoms with Crippen molar-refractivity contribution >= 4 is 16.7 Å². The Balaban J connectivity index is 1.53. The van der Waals surface area contributed by atoms with Crippen LogP contribution < -0.4 is 15.4 Å². The van der Waals surface area contributed by atoms with Crippen molar-refractivity contribution in [2.24, 2.45) is 0 Å². The third-order valence-corrected chi connectivity index (χ3v) is 4.51. The number of hydrogen-bond donors (Lipinski definition) is 2. The highest BCUT2D eigenvalue weighted by Crippen LogP contribution is 2.23. The summed E-state index contributed by atoms with van der Waals surface area (Å²) in [4.78, 5) is 12.1. The lowest BCUT2D eigenvalue weighted by molar-refractivity contribution is -0.120. The van der Waals surface area contributed by atoms with Crippen LogP contribution in [-0.2, 0) is 11.3 Å². The van der Waals surface area contributed by atoms with Crippen molar-refractivity contribution in [1.82, 2.24) is 10.6 Å². The molecule has 0 bridgehead atoms. The number of nitrogens with one attached hydrogen (secondary N) is 2. The van der Waals surface area contributed by atoms with Crippen molar-refractivity contribution in [1.29, 1.82) is 0 Å². The summed E-state index contributed by atoms with van der Waals surface area (Å²) in [6.45, 7) is 2.87. The van der Waals surface area contributed by atoms with Crippen molar-refractivity contribution in [3.8, 4) is 5.75 Å². The van der Waals surface area contributed by atoms with Crippen molar-refractivity contribution < 1.29 is 9.53 Å². The Morgan fingerprint density at radius 2 is 1.73 bits per heavy atom. The van der Waals surface area contributed by atoms with Crippen LogP contribution in [0.1, 0.15) is 24.1 Å². The second-order valence-electron chi connectivity index (χ2n) is 6.30. The van der Waals surface area contributed by atoms with Crippen molar-refractivity contribution in [2.75, 3.05) is 13.7 Å². The van der Waals surface area contributed by atoms with E-state index in [4.69, 9.17) is 4.74 Å². The summed E-state index contributed by atoms with van der Waals surface area (Å²) < 4.78 is 5.13. The molecule has 4 nitrogen and oxygen atoms in total. The van der Waals surface area contributed by atoms with E-state index in [0.29, 0.717) is 6.54 Å². The molecule has 0 aliphatic carbocycles. The molecule has 0 saturated carbocycles. The molecule has 1 atom stereocenters. The molecule has 0 spiro atoms. The highest BCUT2D eigenvalue weighted by Gasteiger charge is 2.10. The first-order valence-corrected chi connectivity index (χ1v) is 8.78. The number of amides is 1. The molecule has 0 unspecified atom stereocenters. The predicted molar refractivity (Wildman–Crippen MR) is 105 cm³/mol. The summed E-state index contributed by atoms with van der Waals surface area (Å²) in [5.41, 5.74) is 2.24. The van der Waals surface area contributed by atoms with Crippen LogP contribution in [0.5, 0.6) is 5.75 Å². The molecule has 2 N–H and O–H groups in total. The largest absolute Gasteiger partial charge is 0.497 e. The lowest BCUT2D eigenvalue weighted by Gasteiger charge is -2.16. The molecule has 0 saturated heterocycles. The second kappa shape index (κ2) is 8.50. The highest BCUT2D eigenvalue weighted by molar-refractivity contribution is 5.86. The molecule has 3 aromatic rings. The number of rotatable bonds is 7. The Bertz CT molecular complexity index is 869. The quantitative estimate of drug-likeness (QED) is 0.682. The number of carbonyl (C=O) groups is 1. The molecule has 4 heteroatoms. The van der Waals surface area contributed by atoms with E-state index < -0.39 is 0 Å². The molecule has 3 rings (SSSR count). The van der Waals surface area contributed by atoms with Gasteiger partial charge in [-0.2, -0.15) is 0 Å². The van der Waals surface area contributed by atoms with Crippen molar-refractivity contribution in [3.05, 3.63) is 77.9 Å². The minimum Gasteiger partial charge on any atom is -0.497 e. The van der Waals surface area contributed by atoms with Gasteiger partial charge in [0.2, 0.25) is 5.91 Å². The molecule has 0 aliphatic rings. The molecule has 3 aromatic carbocycles. The monoisotopic (exact) mass is 348 g/mol. The fourth-order valence-electron chi connectivity index (χ4n) is 2.99. The van der Waals surface area contributed by atoms with E-state index in [-0.39, 0.29) is 18.5 Å². The lowest BCUT2D eigenvalue weighted by atomic mass is 10.00. The van der Waals surface area contributed by atoms with E-state index in [1.807, 2.05) is 36.4 Å². The maximum Gasteiger partial charge on any atom is 0.234 e. The Hall–Kier alpha value is -2.85. The smallest absolute Gasteiger partial charge is 0.234 e. The molecule has 0 aromatic heterocycles. The van der Waals surface area contributed by atoms with Gasteiger partial charge in [0, 0.05) is 12.6 Å². The maximum absolute atomic E-state index is 12.1. The van der Waals surface area contributed by atoms with Gasteiger partial charge in [0.15, 0.2) is 0 Å².